The number of ether oxygens (including phenoxy) is 2. The largest absolute Gasteiger partial charge is 0.497 e. The minimum atomic E-state index is -0.187. The molecule has 0 radical (unpaired) electrons. The maximum atomic E-state index is 11.0. The minimum absolute atomic E-state index is 0.187. The molecule has 0 bridgehead atoms. The van der Waals surface area contributed by atoms with Crippen LogP contribution in [-0.4, -0.2) is 24.4 Å². The van der Waals surface area contributed by atoms with Crippen LogP contribution in [0, 0.1) is 0 Å². The molecule has 0 saturated heterocycles. The zero-order valence-corrected chi connectivity index (χ0v) is 9.63. The van der Waals surface area contributed by atoms with Crippen molar-refractivity contribution in [2.24, 2.45) is 0 Å². The molecule has 1 aromatic carbocycles. The molecule has 84 valence electrons. The summed E-state index contributed by atoms with van der Waals surface area (Å²) >= 11 is 1.04. The van der Waals surface area contributed by atoms with Crippen molar-refractivity contribution < 1.29 is 9.47 Å². The Morgan fingerprint density at radius 2 is 2.12 bits per heavy atom. The van der Waals surface area contributed by atoms with Gasteiger partial charge in [0.1, 0.15) is 11.5 Å². The van der Waals surface area contributed by atoms with Gasteiger partial charge in [-0.15, -0.1) is 0 Å². The molecule has 1 aromatic heterocycles. The highest BCUT2D eigenvalue weighted by atomic mass is 32.1. The van der Waals surface area contributed by atoms with Crippen LogP contribution in [0.5, 0.6) is 11.5 Å². The van der Waals surface area contributed by atoms with Crippen molar-refractivity contribution in [1.82, 2.24) is 10.2 Å². The quantitative estimate of drug-likeness (QED) is 0.880. The van der Waals surface area contributed by atoms with E-state index in [1.54, 1.807) is 26.4 Å². The van der Waals surface area contributed by atoms with Crippen molar-refractivity contribution in [3.63, 3.8) is 0 Å². The van der Waals surface area contributed by atoms with Crippen LogP contribution in [0.1, 0.15) is 0 Å². The number of aromatic amines is 1. The lowest BCUT2D eigenvalue weighted by Gasteiger charge is -2.07. The van der Waals surface area contributed by atoms with Crippen LogP contribution in [0.15, 0.2) is 23.0 Å². The molecule has 0 unspecified atom stereocenters. The van der Waals surface area contributed by atoms with Gasteiger partial charge < -0.3 is 9.47 Å². The maximum absolute atomic E-state index is 11.0. The predicted molar refractivity (Wildman–Crippen MR) is 61.3 cm³/mol. The van der Waals surface area contributed by atoms with Crippen molar-refractivity contribution in [2.45, 2.75) is 0 Å². The number of rotatable bonds is 3. The summed E-state index contributed by atoms with van der Waals surface area (Å²) in [4.78, 5) is 10.8. The summed E-state index contributed by atoms with van der Waals surface area (Å²) in [5.41, 5.74) is 0.770. The first-order valence-electron chi connectivity index (χ1n) is 4.52. The van der Waals surface area contributed by atoms with Crippen LogP contribution in [0.2, 0.25) is 0 Å². The van der Waals surface area contributed by atoms with Gasteiger partial charge in [0, 0.05) is 6.07 Å². The number of aromatic nitrogens is 2. The topological polar surface area (TPSA) is 64.2 Å². The van der Waals surface area contributed by atoms with E-state index in [1.807, 2.05) is 6.07 Å². The third-order valence-corrected chi connectivity index (χ3v) is 2.86. The van der Waals surface area contributed by atoms with E-state index in [-0.39, 0.29) is 4.87 Å². The Bertz CT molecular complexity index is 547. The predicted octanol–water partition coefficient (Wildman–Crippen LogP) is 1.52. The summed E-state index contributed by atoms with van der Waals surface area (Å²) in [6.45, 7) is 0. The number of benzene rings is 1. The Balaban J connectivity index is 2.52. The normalized spacial score (nSPS) is 10.1. The van der Waals surface area contributed by atoms with E-state index in [0.29, 0.717) is 16.5 Å². The van der Waals surface area contributed by atoms with E-state index in [4.69, 9.17) is 9.47 Å². The van der Waals surface area contributed by atoms with E-state index in [2.05, 4.69) is 10.2 Å². The smallest absolute Gasteiger partial charge is 0.322 e. The van der Waals surface area contributed by atoms with Gasteiger partial charge in [-0.3, -0.25) is 4.79 Å². The number of H-pyrrole nitrogens is 1. The molecule has 2 rings (SSSR count). The Labute approximate surface area is 95.7 Å². The lowest BCUT2D eigenvalue weighted by atomic mass is 10.2. The molecule has 6 heteroatoms. The Morgan fingerprint density at radius 1 is 1.31 bits per heavy atom. The Morgan fingerprint density at radius 3 is 2.69 bits per heavy atom. The summed E-state index contributed by atoms with van der Waals surface area (Å²) in [6, 6.07) is 5.36. The first-order chi connectivity index (χ1) is 7.74. The molecule has 0 fully saturated rings. The lowest BCUT2D eigenvalue weighted by molar-refractivity contribution is 0.395. The summed E-state index contributed by atoms with van der Waals surface area (Å²) in [7, 11) is 3.15. The molecule has 0 aliphatic carbocycles. The number of nitrogens with one attached hydrogen (secondary N) is 1. The molecular weight excluding hydrogens is 228 g/mol. The second-order valence-electron chi connectivity index (χ2n) is 2.98. The van der Waals surface area contributed by atoms with Crippen LogP contribution >= 0.6 is 11.3 Å². The first-order valence-corrected chi connectivity index (χ1v) is 5.34. The van der Waals surface area contributed by atoms with Gasteiger partial charge in [0.2, 0.25) is 0 Å². The van der Waals surface area contributed by atoms with Gasteiger partial charge in [-0.25, -0.2) is 5.10 Å². The number of hydrogen-bond acceptors (Lipinski definition) is 5. The van der Waals surface area contributed by atoms with Gasteiger partial charge in [0.05, 0.1) is 19.8 Å². The molecule has 2 aromatic rings. The van der Waals surface area contributed by atoms with Gasteiger partial charge >= 0.3 is 4.87 Å². The highest BCUT2D eigenvalue weighted by molar-refractivity contribution is 7.12. The van der Waals surface area contributed by atoms with E-state index >= 15 is 0 Å². The Hall–Kier alpha value is -1.82. The molecule has 0 aliphatic heterocycles. The highest BCUT2D eigenvalue weighted by Gasteiger charge is 2.10. The van der Waals surface area contributed by atoms with E-state index in [9.17, 15) is 4.79 Å². The van der Waals surface area contributed by atoms with E-state index in [0.717, 1.165) is 16.9 Å². The van der Waals surface area contributed by atoms with Crippen molar-refractivity contribution in [3.8, 4) is 22.1 Å². The van der Waals surface area contributed by atoms with Crippen molar-refractivity contribution in [3.05, 3.63) is 27.9 Å². The zero-order chi connectivity index (χ0) is 11.5. The summed E-state index contributed by atoms with van der Waals surface area (Å²) < 4.78 is 10.3. The molecule has 16 heavy (non-hydrogen) atoms. The average molecular weight is 238 g/mol. The molecule has 1 heterocycles. The third kappa shape index (κ3) is 1.92. The maximum Gasteiger partial charge on any atom is 0.322 e. The molecule has 0 amide bonds. The zero-order valence-electron chi connectivity index (χ0n) is 8.81. The van der Waals surface area contributed by atoms with Crippen LogP contribution in [0.3, 0.4) is 0 Å². The van der Waals surface area contributed by atoms with Gasteiger partial charge in [-0.1, -0.05) is 11.3 Å². The summed E-state index contributed by atoms with van der Waals surface area (Å²) in [5, 5.41) is 6.88. The number of methoxy groups -OCH3 is 2. The molecule has 0 saturated carbocycles. The second-order valence-corrected chi connectivity index (χ2v) is 3.95. The SMILES string of the molecule is COc1ccc(-c2n[nH]c(=O)s2)c(OC)c1. The number of hydrogen-bond donors (Lipinski definition) is 1. The van der Waals surface area contributed by atoms with Gasteiger partial charge in [-0.2, -0.15) is 5.10 Å². The van der Waals surface area contributed by atoms with Crippen LogP contribution in [0.25, 0.3) is 10.6 Å². The summed E-state index contributed by atoms with van der Waals surface area (Å²) in [6.07, 6.45) is 0. The second kappa shape index (κ2) is 4.36. The van der Waals surface area contributed by atoms with Gasteiger partial charge in [0.15, 0.2) is 5.01 Å². The molecule has 0 aliphatic rings. The number of nitrogens with zero attached hydrogens (tertiary/aromatic N) is 1. The monoisotopic (exact) mass is 238 g/mol. The standard InChI is InChI=1S/C10H10N2O3S/c1-14-6-3-4-7(8(5-6)15-2)9-11-12-10(13)16-9/h3-5H,1-2H3,(H,12,13). The van der Waals surface area contributed by atoms with Crippen molar-refractivity contribution >= 4 is 11.3 Å². The van der Waals surface area contributed by atoms with Crippen LogP contribution in [-0.2, 0) is 0 Å². The molecule has 0 atom stereocenters. The fourth-order valence-corrected chi connectivity index (χ4v) is 1.96. The van der Waals surface area contributed by atoms with Gasteiger partial charge in [0.25, 0.3) is 0 Å². The average Bonchev–Trinajstić information content (AvgIpc) is 2.74. The van der Waals surface area contributed by atoms with Crippen molar-refractivity contribution in [2.75, 3.05) is 14.2 Å². The van der Waals surface area contributed by atoms with Crippen molar-refractivity contribution in [1.29, 1.82) is 0 Å². The molecule has 0 spiro atoms. The molecule has 5 nitrogen and oxygen atoms in total. The first kappa shape index (κ1) is 10.7. The van der Waals surface area contributed by atoms with Gasteiger partial charge in [-0.05, 0) is 12.1 Å². The third-order valence-electron chi connectivity index (χ3n) is 2.08. The van der Waals surface area contributed by atoms with E-state index < -0.39 is 0 Å². The van der Waals surface area contributed by atoms with E-state index in [1.165, 1.54) is 0 Å². The lowest BCUT2D eigenvalue weighted by Crippen LogP contribution is -1.90. The highest BCUT2D eigenvalue weighted by Crippen LogP contribution is 2.32. The summed E-state index contributed by atoms with van der Waals surface area (Å²) in [5.74, 6) is 1.32. The van der Waals surface area contributed by atoms with Crippen LogP contribution in [0.4, 0.5) is 0 Å². The minimum Gasteiger partial charge on any atom is -0.497 e. The van der Waals surface area contributed by atoms with Crippen LogP contribution < -0.4 is 14.3 Å². The Kier molecular flexibility index (Phi) is 2.91. The fraction of sp³-hybridized carbons (Fsp3) is 0.200. The molecular formula is C10H10N2O3S. The fourth-order valence-electron chi connectivity index (χ4n) is 1.32. The molecule has 1 N–H and O–H groups in total.